The minimum absolute atomic E-state index is 0.315. The predicted octanol–water partition coefficient (Wildman–Crippen LogP) is 3.18. The zero-order chi connectivity index (χ0) is 18.5. The Morgan fingerprint density at radius 1 is 1.04 bits per heavy atom. The molecule has 138 valence electrons. The highest BCUT2D eigenvalue weighted by molar-refractivity contribution is 7.86. The SMILES string of the molecule is CCO[Si](Cc1cccc2ccccc12)(OCC)OC(C)S(=O)(=O)O. The highest BCUT2D eigenvalue weighted by Crippen LogP contribution is 2.25. The van der Waals surface area contributed by atoms with Gasteiger partial charge in [0.2, 0.25) is 0 Å². The molecule has 0 saturated heterocycles. The predicted molar refractivity (Wildman–Crippen MR) is 98.8 cm³/mol. The Hall–Kier alpha value is -1.29. The molecule has 0 bridgehead atoms. The molecule has 8 heteroatoms. The van der Waals surface area contributed by atoms with E-state index >= 15 is 0 Å². The molecule has 0 spiro atoms. The largest absolute Gasteiger partial charge is 0.506 e. The summed E-state index contributed by atoms with van der Waals surface area (Å²) >= 11 is 0. The summed E-state index contributed by atoms with van der Waals surface area (Å²) < 4.78 is 49.4. The van der Waals surface area contributed by atoms with Crippen LogP contribution in [0.15, 0.2) is 42.5 Å². The summed E-state index contributed by atoms with van der Waals surface area (Å²) in [6.45, 7) is 5.50. The number of hydrogen-bond donors (Lipinski definition) is 1. The van der Waals surface area contributed by atoms with Gasteiger partial charge in [-0.1, -0.05) is 42.5 Å². The van der Waals surface area contributed by atoms with Gasteiger partial charge in [0.25, 0.3) is 10.1 Å². The first-order valence-corrected chi connectivity index (χ1v) is 11.6. The summed E-state index contributed by atoms with van der Waals surface area (Å²) in [6.07, 6.45) is 0. The van der Waals surface area contributed by atoms with E-state index in [2.05, 4.69) is 0 Å². The van der Waals surface area contributed by atoms with Crippen LogP contribution in [0, 0.1) is 0 Å². The fourth-order valence-corrected chi connectivity index (χ4v) is 6.28. The quantitative estimate of drug-likeness (QED) is 0.528. The van der Waals surface area contributed by atoms with Crippen LogP contribution in [0.1, 0.15) is 26.3 Å². The van der Waals surface area contributed by atoms with Crippen molar-refractivity contribution >= 4 is 29.7 Å². The van der Waals surface area contributed by atoms with E-state index in [1.807, 2.05) is 42.5 Å². The van der Waals surface area contributed by atoms with Crippen LogP contribution in [0.5, 0.6) is 0 Å². The Bertz CT molecular complexity index is 796. The minimum atomic E-state index is -4.35. The summed E-state index contributed by atoms with van der Waals surface area (Å²) in [6, 6.07) is 14.1. The molecule has 0 heterocycles. The Kier molecular flexibility index (Phi) is 6.72. The molecule has 6 nitrogen and oxygen atoms in total. The van der Waals surface area contributed by atoms with Gasteiger partial charge in [-0.2, -0.15) is 8.42 Å². The van der Waals surface area contributed by atoms with Crippen molar-refractivity contribution < 1.29 is 26.2 Å². The van der Waals surface area contributed by atoms with Gasteiger partial charge < -0.3 is 13.3 Å². The first-order chi connectivity index (χ1) is 11.8. The third-order valence-corrected chi connectivity index (χ3v) is 7.87. The Labute approximate surface area is 149 Å². The third-order valence-electron chi connectivity index (χ3n) is 3.78. The van der Waals surface area contributed by atoms with Crippen LogP contribution in [0.25, 0.3) is 10.8 Å². The molecular formula is C17H24O6SSi. The lowest BCUT2D eigenvalue weighted by molar-refractivity contribution is 0.0571. The molecule has 0 amide bonds. The standard InChI is InChI=1S/C17H24O6SSi/c1-4-21-25(22-5-2,23-14(3)24(18,19)20)13-16-11-8-10-15-9-6-7-12-17(15)16/h6-12,14H,4-5,13H2,1-3H3,(H,18,19,20). The molecule has 0 aromatic heterocycles. The van der Waals surface area contributed by atoms with Crippen LogP contribution in [0.2, 0.25) is 0 Å². The molecule has 2 aromatic rings. The smallest absolute Gasteiger partial charge is 0.374 e. The van der Waals surface area contributed by atoms with E-state index in [-0.39, 0.29) is 0 Å². The van der Waals surface area contributed by atoms with E-state index in [9.17, 15) is 13.0 Å². The van der Waals surface area contributed by atoms with Crippen molar-refractivity contribution in [2.24, 2.45) is 0 Å². The Morgan fingerprint density at radius 2 is 1.64 bits per heavy atom. The first-order valence-electron chi connectivity index (χ1n) is 8.20. The summed E-state index contributed by atoms with van der Waals surface area (Å²) in [5.74, 6) is 0. The number of hydrogen-bond acceptors (Lipinski definition) is 5. The molecule has 0 saturated carbocycles. The Balaban J connectivity index is 2.43. The van der Waals surface area contributed by atoms with Crippen LogP contribution in [0.4, 0.5) is 0 Å². The van der Waals surface area contributed by atoms with Gasteiger partial charge in [0, 0.05) is 19.3 Å². The van der Waals surface area contributed by atoms with Gasteiger partial charge in [0.05, 0.1) is 0 Å². The van der Waals surface area contributed by atoms with Crippen molar-refractivity contribution in [1.29, 1.82) is 0 Å². The first kappa shape index (κ1) is 20.0. The van der Waals surface area contributed by atoms with E-state index in [0.29, 0.717) is 19.3 Å². The van der Waals surface area contributed by atoms with Crippen LogP contribution in [-0.2, 0) is 29.4 Å². The van der Waals surface area contributed by atoms with Gasteiger partial charge in [0.15, 0.2) is 5.44 Å². The third kappa shape index (κ3) is 5.10. The zero-order valence-electron chi connectivity index (χ0n) is 14.6. The summed E-state index contributed by atoms with van der Waals surface area (Å²) in [7, 11) is -7.72. The normalized spacial score (nSPS) is 13.9. The van der Waals surface area contributed by atoms with Crippen LogP contribution in [0.3, 0.4) is 0 Å². The molecule has 2 rings (SSSR count). The van der Waals surface area contributed by atoms with E-state index in [1.165, 1.54) is 6.92 Å². The number of rotatable bonds is 9. The van der Waals surface area contributed by atoms with Gasteiger partial charge in [-0.3, -0.25) is 4.55 Å². The van der Waals surface area contributed by atoms with Crippen molar-refractivity contribution in [3.05, 3.63) is 48.0 Å². The second-order valence-electron chi connectivity index (χ2n) is 5.56. The molecule has 2 aromatic carbocycles. The number of benzene rings is 2. The molecule has 1 atom stereocenters. The van der Waals surface area contributed by atoms with Gasteiger partial charge in [0.1, 0.15) is 0 Å². The average molecular weight is 385 g/mol. The summed E-state index contributed by atoms with van der Waals surface area (Å²) in [4.78, 5) is 0. The fraction of sp³-hybridized carbons (Fsp3) is 0.412. The zero-order valence-corrected chi connectivity index (χ0v) is 16.5. The van der Waals surface area contributed by atoms with Gasteiger partial charge >= 0.3 is 8.80 Å². The second-order valence-corrected chi connectivity index (χ2v) is 9.79. The molecule has 1 N–H and O–H groups in total. The molecular weight excluding hydrogens is 360 g/mol. The summed E-state index contributed by atoms with van der Waals surface area (Å²) in [5.41, 5.74) is -0.471. The molecule has 0 radical (unpaired) electrons. The molecule has 25 heavy (non-hydrogen) atoms. The van der Waals surface area contributed by atoms with E-state index < -0.39 is 24.4 Å². The lowest BCUT2D eigenvalue weighted by atomic mass is 10.1. The van der Waals surface area contributed by atoms with Crippen molar-refractivity contribution in [3.8, 4) is 0 Å². The van der Waals surface area contributed by atoms with Gasteiger partial charge in [-0.25, -0.2) is 0 Å². The molecule has 0 aliphatic rings. The van der Waals surface area contributed by atoms with E-state index in [1.54, 1.807) is 13.8 Å². The summed E-state index contributed by atoms with van der Waals surface area (Å²) in [5, 5.41) is 2.10. The second kappa shape index (κ2) is 8.39. The van der Waals surface area contributed by atoms with Crippen molar-refractivity contribution in [2.75, 3.05) is 13.2 Å². The monoisotopic (exact) mass is 384 g/mol. The van der Waals surface area contributed by atoms with E-state index in [0.717, 1.165) is 16.3 Å². The Morgan fingerprint density at radius 3 is 2.24 bits per heavy atom. The van der Waals surface area contributed by atoms with Crippen molar-refractivity contribution in [2.45, 2.75) is 32.3 Å². The topological polar surface area (TPSA) is 82.1 Å². The maximum absolute atomic E-state index is 11.4. The lowest BCUT2D eigenvalue weighted by Gasteiger charge is -2.31. The average Bonchev–Trinajstić information content (AvgIpc) is 2.55. The maximum atomic E-state index is 11.4. The number of fused-ring (bicyclic) bond motifs is 1. The van der Waals surface area contributed by atoms with Gasteiger partial charge in [-0.15, -0.1) is 0 Å². The minimum Gasteiger partial charge on any atom is -0.374 e. The molecule has 1 unspecified atom stereocenters. The highest BCUT2D eigenvalue weighted by atomic mass is 32.2. The molecule has 0 aliphatic carbocycles. The highest BCUT2D eigenvalue weighted by Gasteiger charge is 2.45. The van der Waals surface area contributed by atoms with Crippen molar-refractivity contribution in [3.63, 3.8) is 0 Å². The van der Waals surface area contributed by atoms with E-state index in [4.69, 9.17) is 13.3 Å². The van der Waals surface area contributed by atoms with Crippen LogP contribution >= 0.6 is 0 Å². The maximum Gasteiger partial charge on any atom is 0.506 e. The lowest BCUT2D eigenvalue weighted by Crippen LogP contribution is -2.51. The fourth-order valence-electron chi connectivity index (χ4n) is 2.69. The van der Waals surface area contributed by atoms with Crippen LogP contribution < -0.4 is 0 Å². The van der Waals surface area contributed by atoms with Crippen LogP contribution in [-0.4, -0.2) is 40.4 Å². The molecule has 0 aliphatic heterocycles. The molecule has 0 fully saturated rings. The van der Waals surface area contributed by atoms with Crippen molar-refractivity contribution in [1.82, 2.24) is 0 Å². The van der Waals surface area contributed by atoms with Gasteiger partial charge in [-0.05, 0) is 37.1 Å².